The van der Waals surface area contributed by atoms with Gasteiger partial charge >= 0.3 is 0 Å². The second-order valence-electron chi connectivity index (χ2n) is 7.43. The number of benzene rings is 1. The predicted octanol–water partition coefficient (Wildman–Crippen LogP) is 2.68. The molecule has 2 N–H and O–H groups in total. The van der Waals surface area contributed by atoms with Crippen LogP contribution >= 0.6 is 0 Å². The number of aromatic nitrogens is 3. The van der Waals surface area contributed by atoms with E-state index in [1.807, 2.05) is 6.07 Å². The third kappa shape index (κ3) is 4.20. The van der Waals surface area contributed by atoms with Crippen molar-refractivity contribution in [1.29, 1.82) is 0 Å². The summed E-state index contributed by atoms with van der Waals surface area (Å²) >= 11 is 0. The van der Waals surface area contributed by atoms with Crippen molar-refractivity contribution in [3.05, 3.63) is 47.8 Å². The Kier molecular flexibility index (Phi) is 5.54. The Morgan fingerprint density at radius 2 is 2.15 bits per heavy atom. The molecule has 1 aromatic carbocycles. The van der Waals surface area contributed by atoms with Gasteiger partial charge in [-0.25, -0.2) is 9.37 Å². The Balaban J connectivity index is 1.57. The fourth-order valence-corrected chi connectivity index (χ4v) is 3.42. The number of aliphatic imine (C=N–C) groups is 1. The van der Waals surface area contributed by atoms with Crippen LogP contribution < -0.4 is 5.32 Å². The molecular weight excluding hydrogens is 331 g/mol. The van der Waals surface area contributed by atoms with Crippen LogP contribution in [-0.4, -0.2) is 52.7 Å². The number of guanidine groups is 1. The van der Waals surface area contributed by atoms with Crippen molar-refractivity contribution < 1.29 is 4.39 Å². The fraction of sp³-hybridized carbons (Fsp3) is 0.526. The van der Waals surface area contributed by atoms with Gasteiger partial charge in [-0.1, -0.05) is 26.0 Å². The average molecular weight is 358 g/mol. The maximum absolute atomic E-state index is 13.5. The Morgan fingerprint density at radius 1 is 1.38 bits per heavy atom. The summed E-state index contributed by atoms with van der Waals surface area (Å²) in [7, 11) is 1.81. The van der Waals surface area contributed by atoms with Gasteiger partial charge in [0, 0.05) is 38.0 Å². The van der Waals surface area contributed by atoms with Crippen LogP contribution in [0.3, 0.4) is 0 Å². The molecule has 0 radical (unpaired) electrons. The first-order valence-electron chi connectivity index (χ1n) is 9.06. The highest BCUT2D eigenvalue weighted by atomic mass is 19.1. The number of hydrogen-bond acceptors (Lipinski definition) is 3. The molecule has 0 unspecified atom stereocenters. The molecule has 1 aromatic heterocycles. The first-order valence-corrected chi connectivity index (χ1v) is 9.06. The summed E-state index contributed by atoms with van der Waals surface area (Å²) in [5, 5.41) is 10.4. The minimum atomic E-state index is -0.200. The molecule has 26 heavy (non-hydrogen) atoms. The van der Waals surface area contributed by atoms with Gasteiger partial charge in [0.15, 0.2) is 5.96 Å². The molecule has 140 valence electrons. The predicted molar refractivity (Wildman–Crippen MR) is 101 cm³/mol. The molecule has 0 spiro atoms. The zero-order chi connectivity index (χ0) is 18.6. The zero-order valence-electron chi connectivity index (χ0n) is 15.7. The molecule has 0 amide bonds. The zero-order valence-corrected chi connectivity index (χ0v) is 15.7. The first kappa shape index (κ1) is 18.4. The number of halogens is 1. The van der Waals surface area contributed by atoms with E-state index in [2.05, 4.69) is 44.2 Å². The van der Waals surface area contributed by atoms with Crippen molar-refractivity contribution in [3.8, 4) is 0 Å². The molecule has 2 heterocycles. The molecule has 0 atom stereocenters. The van der Waals surface area contributed by atoms with Crippen LogP contribution in [-0.2, 0) is 5.41 Å². The molecule has 1 saturated heterocycles. The molecule has 6 nitrogen and oxygen atoms in total. The fourth-order valence-electron chi connectivity index (χ4n) is 3.42. The lowest BCUT2D eigenvalue weighted by molar-refractivity contribution is 0.296. The van der Waals surface area contributed by atoms with E-state index in [0.29, 0.717) is 12.5 Å². The summed E-state index contributed by atoms with van der Waals surface area (Å²) in [5.41, 5.74) is 0.778. The van der Waals surface area contributed by atoms with Crippen LogP contribution in [0.25, 0.3) is 0 Å². The number of rotatable bonds is 4. The van der Waals surface area contributed by atoms with Crippen molar-refractivity contribution in [1.82, 2.24) is 25.4 Å². The number of H-pyrrole nitrogens is 1. The molecule has 1 aliphatic heterocycles. The van der Waals surface area contributed by atoms with Crippen molar-refractivity contribution >= 4 is 5.96 Å². The number of nitrogens with one attached hydrogen (secondary N) is 2. The Morgan fingerprint density at radius 3 is 2.77 bits per heavy atom. The number of aromatic amines is 1. The van der Waals surface area contributed by atoms with Crippen LogP contribution in [0.2, 0.25) is 0 Å². The lowest BCUT2D eigenvalue weighted by Crippen LogP contribution is -2.48. The van der Waals surface area contributed by atoms with Crippen LogP contribution in [0.5, 0.6) is 0 Å². The van der Waals surface area contributed by atoms with Crippen molar-refractivity contribution in [3.63, 3.8) is 0 Å². The number of likely N-dealkylation sites (tertiary alicyclic amines) is 1. The number of hydrogen-bond donors (Lipinski definition) is 2. The van der Waals surface area contributed by atoms with Crippen LogP contribution in [0, 0.1) is 5.82 Å². The lowest BCUT2D eigenvalue weighted by atomic mass is 9.84. The van der Waals surface area contributed by atoms with Gasteiger partial charge in [0.2, 0.25) is 0 Å². The lowest BCUT2D eigenvalue weighted by Gasteiger charge is -2.35. The van der Waals surface area contributed by atoms with E-state index in [4.69, 9.17) is 0 Å². The minimum absolute atomic E-state index is 0.198. The molecule has 1 fully saturated rings. The van der Waals surface area contributed by atoms with Gasteiger partial charge in [0.25, 0.3) is 0 Å². The highest BCUT2D eigenvalue weighted by molar-refractivity contribution is 5.80. The van der Waals surface area contributed by atoms with Crippen LogP contribution in [0.1, 0.15) is 44.0 Å². The maximum atomic E-state index is 13.5. The summed E-state index contributed by atoms with van der Waals surface area (Å²) in [5.74, 6) is 2.09. The largest absolute Gasteiger partial charge is 0.355 e. The molecule has 7 heteroatoms. The second kappa shape index (κ2) is 7.85. The molecule has 1 aliphatic rings. The van der Waals surface area contributed by atoms with Gasteiger partial charge in [-0.2, -0.15) is 5.10 Å². The molecule has 0 bridgehead atoms. The number of nitrogens with zero attached hydrogens (tertiary/aromatic N) is 4. The van der Waals surface area contributed by atoms with E-state index in [-0.39, 0.29) is 11.2 Å². The van der Waals surface area contributed by atoms with Gasteiger partial charge in [0.05, 0.1) is 0 Å². The highest BCUT2D eigenvalue weighted by Gasteiger charge is 2.26. The summed E-state index contributed by atoms with van der Waals surface area (Å²) in [4.78, 5) is 11.0. The van der Waals surface area contributed by atoms with Gasteiger partial charge in [-0.3, -0.25) is 10.1 Å². The van der Waals surface area contributed by atoms with Gasteiger partial charge < -0.3 is 10.2 Å². The van der Waals surface area contributed by atoms with Crippen molar-refractivity contribution in [2.45, 2.75) is 38.0 Å². The van der Waals surface area contributed by atoms with Crippen molar-refractivity contribution in [2.24, 2.45) is 4.99 Å². The molecule has 2 aromatic rings. The monoisotopic (exact) mass is 358 g/mol. The summed E-state index contributed by atoms with van der Waals surface area (Å²) in [6.07, 6.45) is 3.60. The van der Waals surface area contributed by atoms with Crippen molar-refractivity contribution in [2.75, 3.05) is 26.7 Å². The Hall–Kier alpha value is -2.44. The topological polar surface area (TPSA) is 69.2 Å². The van der Waals surface area contributed by atoms with E-state index in [0.717, 1.165) is 43.3 Å². The van der Waals surface area contributed by atoms with E-state index < -0.39 is 0 Å². The smallest absolute Gasteiger partial charge is 0.193 e. The molecule has 0 aliphatic carbocycles. The second-order valence-corrected chi connectivity index (χ2v) is 7.43. The maximum Gasteiger partial charge on any atom is 0.193 e. The third-order valence-corrected chi connectivity index (χ3v) is 5.12. The van der Waals surface area contributed by atoms with E-state index in [9.17, 15) is 4.39 Å². The molecule has 0 saturated carbocycles. The normalized spacial score (nSPS) is 16.8. The van der Waals surface area contributed by atoms with Crippen LogP contribution in [0.4, 0.5) is 4.39 Å². The molecule has 3 rings (SSSR count). The van der Waals surface area contributed by atoms with E-state index >= 15 is 0 Å². The Bertz CT molecular complexity index is 732. The standard InChI is InChI=1S/C19H27FN6/c1-19(2,15-5-4-6-16(20)11-15)12-22-18(21-3)26-9-7-14(8-10-26)17-23-13-24-25-17/h4-6,11,13-14H,7-10,12H2,1-3H3,(H,21,22)(H,23,24,25). The third-order valence-electron chi connectivity index (χ3n) is 5.12. The van der Waals surface area contributed by atoms with Gasteiger partial charge in [-0.15, -0.1) is 0 Å². The highest BCUT2D eigenvalue weighted by Crippen LogP contribution is 2.26. The van der Waals surface area contributed by atoms with E-state index in [1.165, 1.54) is 6.07 Å². The van der Waals surface area contributed by atoms with Gasteiger partial charge in [0.1, 0.15) is 18.0 Å². The van der Waals surface area contributed by atoms with Gasteiger partial charge in [-0.05, 0) is 30.5 Å². The Labute approximate surface area is 153 Å². The summed E-state index contributed by atoms with van der Waals surface area (Å²) in [6.45, 7) is 6.75. The summed E-state index contributed by atoms with van der Waals surface area (Å²) in [6, 6.07) is 6.81. The first-order chi connectivity index (χ1) is 12.5. The number of piperidine rings is 1. The minimum Gasteiger partial charge on any atom is -0.355 e. The quantitative estimate of drug-likeness (QED) is 0.651. The van der Waals surface area contributed by atoms with Crippen LogP contribution in [0.15, 0.2) is 35.6 Å². The molecular formula is C19H27FN6. The SMILES string of the molecule is CN=C(NCC(C)(C)c1cccc(F)c1)N1CCC(c2ncn[nH]2)CC1. The van der Waals surface area contributed by atoms with E-state index in [1.54, 1.807) is 25.5 Å². The summed E-state index contributed by atoms with van der Waals surface area (Å²) < 4.78 is 13.5. The average Bonchev–Trinajstić information content (AvgIpc) is 3.17.